The molecule has 3 aliphatic rings. The highest BCUT2D eigenvalue weighted by Gasteiger charge is 2.39. The second-order valence-corrected chi connectivity index (χ2v) is 7.68. The third-order valence-electron chi connectivity index (χ3n) is 6.20. The number of likely N-dealkylation sites (tertiary alicyclic amines) is 1. The lowest BCUT2D eigenvalue weighted by molar-refractivity contribution is -0.0189. The zero-order valence-electron chi connectivity index (χ0n) is 12.7. The summed E-state index contributed by atoms with van der Waals surface area (Å²) in [5.74, 6) is 2.90. The lowest BCUT2D eigenvalue weighted by Gasteiger charge is -2.44. The summed E-state index contributed by atoms with van der Waals surface area (Å²) < 4.78 is 0. The highest BCUT2D eigenvalue weighted by atomic mass is 16.3. The van der Waals surface area contributed by atoms with E-state index >= 15 is 0 Å². The molecule has 2 nitrogen and oxygen atoms in total. The Hall–Kier alpha value is -0.0800. The molecule has 1 heterocycles. The van der Waals surface area contributed by atoms with Crippen molar-refractivity contribution in [2.75, 3.05) is 13.1 Å². The number of nitrogens with zero attached hydrogens (tertiary/aromatic N) is 1. The van der Waals surface area contributed by atoms with Crippen LogP contribution in [0.4, 0.5) is 0 Å². The van der Waals surface area contributed by atoms with Crippen molar-refractivity contribution in [2.45, 2.75) is 70.9 Å². The molecule has 6 unspecified atom stereocenters. The zero-order valence-corrected chi connectivity index (χ0v) is 12.7. The van der Waals surface area contributed by atoms with E-state index in [-0.39, 0.29) is 6.10 Å². The monoisotopic (exact) mass is 265 g/mol. The molecule has 0 aromatic heterocycles. The smallest absolute Gasteiger partial charge is 0.0585 e. The topological polar surface area (TPSA) is 23.5 Å². The molecule has 0 aromatic rings. The minimum Gasteiger partial charge on any atom is -0.393 e. The third-order valence-corrected chi connectivity index (χ3v) is 6.20. The first-order valence-corrected chi connectivity index (χ1v) is 8.57. The summed E-state index contributed by atoms with van der Waals surface area (Å²) in [6.07, 6.45) is 9.43. The molecule has 3 fully saturated rings. The van der Waals surface area contributed by atoms with Crippen molar-refractivity contribution >= 4 is 0 Å². The van der Waals surface area contributed by atoms with Crippen LogP contribution in [0.2, 0.25) is 0 Å². The Bertz CT molecular complexity index is 294. The van der Waals surface area contributed by atoms with E-state index in [4.69, 9.17) is 0 Å². The fourth-order valence-electron chi connectivity index (χ4n) is 5.23. The Morgan fingerprint density at radius 3 is 2.63 bits per heavy atom. The van der Waals surface area contributed by atoms with Crippen LogP contribution in [0.3, 0.4) is 0 Å². The van der Waals surface area contributed by atoms with Gasteiger partial charge in [0.2, 0.25) is 0 Å². The van der Waals surface area contributed by atoms with Crippen molar-refractivity contribution in [3.8, 4) is 0 Å². The molecule has 0 bridgehead atoms. The zero-order chi connectivity index (χ0) is 13.4. The number of fused-ring (bicyclic) bond motifs is 1. The van der Waals surface area contributed by atoms with Crippen molar-refractivity contribution in [1.82, 2.24) is 4.90 Å². The van der Waals surface area contributed by atoms with Gasteiger partial charge >= 0.3 is 0 Å². The molecule has 0 aromatic carbocycles. The van der Waals surface area contributed by atoms with Crippen LogP contribution in [0.25, 0.3) is 0 Å². The van der Waals surface area contributed by atoms with Crippen molar-refractivity contribution in [3.63, 3.8) is 0 Å². The molecule has 1 aliphatic heterocycles. The van der Waals surface area contributed by atoms with E-state index in [1.54, 1.807) is 0 Å². The standard InChI is InChI=1S/C17H31NO/c1-12-9-13(2)15(17(19)10-12)11-18-8-4-6-14-5-3-7-16(14)18/h12-17,19H,3-11H2,1-2H3. The van der Waals surface area contributed by atoms with Gasteiger partial charge in [-0.05, 0) is 62.8 Å². The predicted octanol–water partition coefficient (Wildman–Crippen LogP) is 3.29. The predicted molar refractivity (Wildman–Crippen MR) is 79.0 cm³/mol. The normalized spacial score (nSPS) is 48.2. The third kappa shape index (κ3) is 2.85. The molecule has 6 atom stereocenters. The second kappa shape index (κ2) is 5.73. The number of hydrogen-bond acceptors (Lipinski definition) is 2. The Morgan fingerprint density at radius 1 is 1.05 bits per heavy atom. The van der Waals surface area contributed by atoms with Gasteiger partial charge in [-0.1, -0.05) is 20.3 Å². The van der Waals surface area contributed by atoms with Crippen LogP contribution in [-0.4, -0.2) is 35.2 Å². The largest absolute Gasteiger partial charge is 0.393 e. The van der Waals surface area contributed by atoms with Gasteiger partial charge in [-0.3, -0.25) is 4.90 Å². The van der Waals surface area contributed by atoms with Gasteiger partial charge in [0.25, 0.3) is 0 Å². The molecule has 1 N–H and O–H groups in total. The van der Waals surface area contributed by atoms with Gasteiger partial charge < -0.3 is 5.11 Å². The number of rotatable bonds is 2. The van der Waals surface area contributed by atoms with Crippen molar-refractivity contribution in [3.05, 3.63) is 0 Å². The van der Waals surface area contributed by atoms with E-state index in [0.717, 1.165) is 24.9 Å². The second-order valence-electron chi connectivity index (χ2n) is 7.68. The van der Waals surface area contributed by atoms with E-state index in [1.165, 1.54) is 45.1 Å². The summed E-state index contributed by atoms with van der Waals surface area (Å²) >= 11 is 0. The molecule has 110 valence electrons. The minimum absolute atomic E-state index is 0.0551. The van der Waals surface area contributed by atoms with E-state index in [0.29, 0.717) is 17.8 Å². The van der Waals surface area contributed by atoms with Gasteiger partial charge in [-0.15, -0.1) is 0 Å². The number of aliphatic hydroxyl groups excluding tert-OH is 1. The molecule has 19 heavy (non-hydrogen) atoms. The van der Waals surface area contributed by atoms with Crippen LogP contribution >= 0.6 is 0 Å². The Morgan fingerprint density at radius 2 is 1.84 bits per heavy atom. The molecular weight excluding hydrogens is 234 g/mol. The maximum atomic E-state index is 10.5. The fourth-order valence-corrected chi connectivity index (χ4v) is 5.23. The molecular formula is C17H31NO. The van der Waals surface area contributed by atoms with Crippen LogP contribution in [0.15, 0.2) is 0 Å². The molecule has 2 saturated carbocycles. The van der Waals surface area contributed by atoms with Gasteiger partial charge in [0.05, 0.1) is 6.10 Å². The minimum atomic E-state index is -0.0551. The lowest BCUT2D eigenvalue weighted by atomic mass is 9.73. The average Bonchev–Trinajstić information content (AvgIpc) is 2.82. The number of piperidine rings is 1. The van der Waals surface area contributed by atoms with Crippen molar-refractivity contribution < 1.29 is 5.11 Å². The molecule has 2 aliphatic carbocycles. The number of aliphatic hydroxyl groups is 1. The van der Waals surface area contributed by atoms with E-state index in [1.807, 2.05) is 0 Å². The average molecular weight is 265 g/mol. The summed E-state index contributed by atoms with van der Waals surface area (Å²) in [4.78, 5) is 2.75. The summed E-state index contributed by atoms with van der Waals surface area (Å²) in [5.41, 5.74) is 0. The SMILES string of the molecule is CC1CC(C)C(CN2CCCC3CCCC32)C(O)C1. The lowest BCUT2D eigenvalue weighted by Crippen LogP contribution is -2.49. The van der Waals surface area contributed by atoms with Crippen LogP contribution in [0, 0.1) is 23.7 Å². The maximum absolute atomic E-state index is 10.5. The van der Waals surface area contributed by atoms with Gasteiger partial charge in [-0.2, -0.15) is 0 Å². The highest BCUT2D eigenvalue weighted by Crippen LogP contribution is 2.40. The van der Waals surface area contributed by atoms with Crippen LogP contribution in [0.5, 0.6) is 0 Å². The quantitative estimate of drug-likeness (QED) is 0.828. The van der Waals surface area contributed by atoms with Gasteiger partial charge in [0.1, 0.15) is 0 Å². The van der Waals surface area contributed by atoms with E-state index < -0.39 is 0 Å². The van der Waals surface area contributed by atoms with Gasteiger partial charge in [0, 0.05) is 18.5 Å². The Labute approximate surface area is 118 Å². The molecule has 3 rings (SSSR count). The van der Waals surface area contributed by atoms with E-state index in [2.05, 4.69) is 18.7 Å². The fraction of sp³-hybridized carbons (Fsp3) is 1.00. The summed E-state index contributed by atoms with van der Waals surface area (Å²) in [7, 11) is 0. The highest BCUT2D eigenvalue weighted by molar-refractivity contribution is 4.92. The van der Waals surface area contributed by atoms with Crippen molar-refractivity contribution in [1.29, 1.82) is 0 Å². The molecule has 0 spiro atoms. The summed E-state index contributed by atoms with van der Waals surface area (Å²) in [6.45, 7) is 7.10. The van der Waals surface area contributed by atoms with Gasteiger partial charge in [0.15, 0.2) is 0 Å². The number of hydrogen-bond donors (Lipinski definition) is 1. The first-order valence-electron chi connectivity index (χ1n) is 8.57. The van der Waals surface area contributed by atoms with Gasteiger partial charge in [-0.25, -0.2) is 0 Å². The van der Waals surface area contributed by atoms with Crippen LogP contribution in [0.1, 0.15) is 58.8 Å². The molecule has 1 saturated heterocycles. The molecule has 2 heteroatoms. The maximum Gasteiger partial charge on any atom is 0.0585 e. The Balaban J connectivity index is 1.63. The van der Waals surface area contributed by atoms with E-state index in [9.17, 15) is 5.11 Å². The van der Waals surface area contributed by atoms with Crippen LogP contribution in [-0.2, 0) is 0 Å². The summed E-state index contributed by atoms with van der Waals surface area (Å²) in [6, 6.07) is 0.854. The van der Waals surface area contributed by atoms with Crippen LogP contribution < -0.4 is 0 Å². The van der Waals surface area contributed by atoms with Crippen molar-refractivity contribution in [2.24, 2.45) is 23.7 Å². The molecule has 0 amide bonds. The summed E-state index contributed by atoms with van der Waals surface area (Å²) in [5, 5.41) is 10.5. The first kappa shape index (κ1) is 13.9. The molecule has 0 radical (unpaired) electrons. The Kier molecular flexibility index (Phi) is 4.19. The first-order chi connectivity index (χ1) is 9.15.